The highest BCUT2D eigenvalue weighted by atomic mass is 16.5. The molecule has 0 aromatic carbocycles. The molecule has 0 fully saturated rings. The summed E-state index contributed by atoms with van der Waals surface area (Å²) in [6.45, 7) is 0. The number of nitrogens with two attached hydrogens (primary N) is 1. The van der Waals surface area contributed by atoms with Crippen molar-refractivity contribution >= 4 is 11.8 Å². The summed E-state index contributed by atoms with van der Waals surface area (Å²) in [5, 5.41) is 0. The summed E-state index contributed by atoms with van der Waals surface area (Å²) in [7, 11) is 1.36. The Morgan fingerprint density at radius 1 is 1.50 bits per heavy atom. The van der Waals surface area contributed by atoms with Gasteiger partial charge in [0, 0.05) is 12.4 Å². The van der Waals surface area contributed by atoms with Gasteiger partial charge in [-0.2, -0.15) is 0 Å². The second-order valence-electron chi connectivity index (χ2n) is 3.87. The van der Waals surface area contributed by atoms with Crippen molar-refractivity contribution in [2.45, 2.75) is 12.3 Å². The van der Waals surface area contributed by atoms with Crippen LogP contribution in [0.3, 0.4) is 0 Å². The maximum absolute atomic E-state index is 11.8. The Labute approximate surface area is 104 Å². The van der Waals surface area contributed by atoms with Gasteiger partial charge in [0.15, 0.2) is 0 Å². The van der Waals surface area contributed by atoms with E-state index in [0.29, 0.717) is 17.9 Å². The van der Waals surface area contributed by atoms with Crippen molar-refractivity contribution in [1.82, 2.24) is 15.0 Å². The fourth-order valence-electron chi connectivity index (χ4n) is 1.71. The van der Waals surface area contributed by atoms with Crippen molar-refractivity contribution in [2.24, 2.45) is 0 Å². The van der Waals surface area contributed by atoms with Crippen LogP contribution in [0.1, 0.15) is 17.2 Å². The van der Waals surface area contributed by atoms with E-state index in [0.717, 1.165) is 5.56 Å². The standard InChI is InChI=1S/C12H14N4O2/c1-18-12(17)9(10-6-14-7-16-10)4-8-2-3-11(13)15-5-8/h2-3,5-7,9H,4H2,1H3,(H2,13,15)(H,14,16). The number of rotatable bonds is 4. The number of carbonyl (C=O) groups excluding carboxylic acids is 1. The highest BCUT2D eigenvalue weighted by Crippen LogP contribution is 2.20. The zero-order chi connectivity index (χ0) is 13.0. The Kier molecular flexibility index (Phi) is 3.57. The molecule has 0 saturated carbocycles. The number of esters is 1. The molecular weight excluding hydrogens is 232 g/mol. The molecule has 0 radical (unpaired) electrons. The monoisotopic (exact) mass is 246 g/mol. The Morgan fingerprint density at radius 2 is 2.33 bits per heavy atom. The summed E-state index contributed by atoms with van der Waals surface area (Å²) in [5.74, 6) is -0.307. The number of nitrogens with zero attached hydrogens (tertiary/aromatic N) is 2. The van der Waals surface area contributed by atoms with Gasteiger partial charge >= 0.3 is 5.97 Å². The van der Waals surface area contributed by atoms with Crippen molar-refractivity contribution in [3.05, 3.63) is 42.1 Å². The van der Waals surface area contributed by atoms with E-state index < -0.39 is 5.92 Å². The molecule has 2 aromatic heterocycles. The number of aromatic nitrogens is 3. The summed E-state index contributed by atoms with van der Waals surface area (Å²) >= 11 is 0. The number of aromatic amines is 1. The van der Waals surface area contributed by atoms with Gasteiger partial charge in [0.1, 0.15) is 11.7 Å². The van der Waals surface area contributed by atoms with Crippen LogP contribution < -0.4 is 5.73 Å². The van der Waals surface area contributed by atoms with Crippen LogP contribution in [0, 0.1) is 0 Å². The highest BCUT2D eigenvalue weighted by Gasteiger charge is 2.23. The molecule has 3 N–H and O–H groups in total. The van der Waals surface area contributed by atoms with Crippen LogP contribution in [0.25, 0.3) is 0 Å². The Hall–Kier alpha value is -2.37. The van der Waals surface area contributed by atoms with Crippen LogP contribution in [0.2, 0.25) is 0 Å². The lowest BCUT2D eigenvalue weighted by atomic mass is 9.98. The molecule has 0 saturated heterocycles. The normalized spacial score (nSPS) is 12.1. The van der Waals surface area contributed by atoms with Crippen LogP contribution in [0.4, 0.5) is 5.82 Å². The number of anilines is 1. The molecule has 0 bridgehead atoms. The first-order chi connectivity index (χ1) is 8.70. The molecule has 6 heteroatoms. The summed E-state index contributed by atoms with van der Waals surface area (Å²) in [6.07, 6.45) is 5.35. The van der Waals surface area contributed by atoms with Crippen molar-refractivity contribution < 1.29 is 9.53 Å². The van der Waals surface area contributed by atoms with Crippen LogP contribution in [0.5, 0.6) is 0 Å². The molecule has 2 aromatic rings. The average Bonchev–Trinajstić information content (AvgIpc) is 2.91. The minimum atomic E-state index is -0.438. The fraction of sp³-hybridized carbons (Fsp3) is 0.250. The molecule has 94 valence electrons. The van der Waals surface area contributed by atoms with Gasteiger partial charge in [-0.15, -0.1) is 0 Å². The topological polar surface area (TPSA) is 93.9 Å². The molecule has 0 aliphatic rings. The molecule has 1 unspecified atom stereocenters. The number of hydrogen-bond acceptors (Lipinski definition) is 5. The third kappa shape index (κ3) is 2.65. The van der Waals surface area contributed by atoms with Crippen molar-refractivity contribution in [3.63, 3.8) is 0 Å². The SMILES string of the molecule is COC(=O)C(Cc1ccc(N)nc1)c1c[nH]cn1. The van der Waals surface area contributed by atoms with E-state index in [1.807, 2.05) is 6.07 Å². The van der Waals surface area contributed by atoms with Crippen LogP contribution in [-0.4, -0.2) is 28.0 Å². The predicted octanol–water partition coefficient (Wildman–Crippen LogP) is 0.886. The van der Waals surface area contributed by atoms with Crippen LogP contribution in [-0.2, 0) is 16.0 Å². The van der Waals surface area contributed by atoms with E-state index in [4.69, 9.17) is 10.5 Å². The Balaban J connectivity index is 2.20. The molecule has 2 heterocycles. The summed E-state index contributed by atoms with van der Waals surface area (Å²) in [5.41, 5.74) is 7.07. The molecular formula is C12H14N4O2. The lowest BCUT2D eigenvalue weighted by Gasteiger charge is -2.12. The van der Waals surface area contributed by atoms with Crippen LogP contribution in [0.15, 0.2) is 30.9 Å². The third-order valence-corrected chi connectivity index (χ3v) is 2.65. The molecule has 2 rings (SSSR count). The van der Waals surface area contributed by atoms with Gasteiger partial charge in [0.25, 0.3) is 0 Å². The minimum absolute atomic E-state index is 0.320. The zero-order valence-electron chi connectivity index (χ0n) is 9.96. The zero-order valence-corrected chi connectivity index (χ0v) is 9.96. The average molecular weight is 246 g/mol. The molecule has 0 aliphatic carbocycles. The Morgan fingerprint density at radius 3 is 2.89 bits per heavy atom. The molecule has 1 atom stereocenters. The van der Waals surface area contributed by atoms with Crippen molar-refractivity contribution in [2.75, 3.05) is 12.8 Å². The summed E-state index contributed by atoms with van der Waals surface area (Å²) < 4.78 is 4.79. The van der Waals surface area contributed by atoms with Crippen molar-refractivity contribution in [1.29, 1.82) is 0 Å². The second-order valence-corrected chi connectivity index (χ2v) is 3.87. The number of hydrogen-bond donors (Lipinski definition) is 2. The number of methoxy groups -OCH3 is 1. The fourth-order valence-corrected chi connectivity index (χ4v) is 1.71. The number of nitrogen functional groups attached to an aromatic ring is 1. The number of H-pyrrole nitrogens is 1. The van der Waals surface area contributed by atoms with Gasteiger partial charge in [-0.05, 0) is 18.1 Å². The van der Waals surface area contributed by atoms with Gasteiger partial charge < -0.3 is 15.5 Å². The van der Waals surface area contributed by atoms with E-state index >= 15 is 0 Å². The molecule has 6 nitrogen and oxygen atoms in total. The van der Waals surface area contributed by atoms with Crippen molar-refractivity contribution in [3.8, 4) is 0 Å². The largest absolute Gasteiger partial charge is 0.468 e. The maximum atomic E-state index is 11.8. The van der Waals surface area contributed by atoms with Crippen LogP contribution >= 0.6 is 0 Å². The third-order valence-electron chi connectivity index (χ3n) is 2.65. The van der Waals surface area contributed by atoms with Gasteiger partial charge in [0.2, 0.25) is 0 Å². The van der Waals surface area contributed by atoms with E-state index in [2.05, 4.69) is 15.0 Å². The van der Waals surface area contributed by atoms with Gasteiger partial charge in [-0.25, -0.2) is 9.97 Å². The first-order valence-electron chi connectivity index (χ1n) is 5.47. The molecule has 0 spiro atoms. The summed E-state index contributed by atoms with van der Waals surface area (Å²) in [4.78, 5) is 22.7. The lowest BCUT2D eigenvalue weighted by molar-refractivity contribution is -0.142. The van der Waals surface area contributed by atoms with E-state index in [9.17, 15) is 4.79 Å². The number of imidazole rings is 1. The lowest BCUT2D eigenvalue weighted by Crippen LogP contribution is -2.17. The predicted molar refractivity (Wildman–Crippen MR) is 65.7 cm³/mol. The first-order valence-corrected chi connectivity index (χ1v) is 5.47. The molecule has 0 amide bonds. The van der Waals surface area contributed by atoms with Gasteiger partial charge in [0.05, 0.1) is 19.1 Å². The first kappa shape index (κ1) is 12.1. The van der Waals surface area contributed by atoms with E-state index in [1.54, 1.807) is 18.5 Å². The Bertz CT molecular complexity index is 507. The number of pyridine rings is 1. The smallest absolute Gasteiger partial charge is 0.315 e. The number of carbonyl (C=O) groups is 1. The summed E-state index contributed by atoms with van der Waals surface area (Å²) in [6, 6.07) is 3.54. The number of ether oxygens (including phenoxy) is 1. The quantitative estimate of drug-likeness (QED) is 0.781. The highest BCUT2D eigenvalue weighted by molar-refractivity contribution is 5.77. The molecule has 0 aliphatic heterocycles. The van der Waals surface area contributed by atoms with E-state index in [-0.39, 0.29) is 5.97 Å². The number of nitrogens with one attached hydrogen (secondary N) is 1. The minimum Gasteiger partial charge on any atom is -0.468 e. The second kappa shape index (κ2) is 5.31. The maximum Gasteiger partial charge on any atom is 0.315 e. The van der Waals surface area contributed by atoms with Gasteiger partial charge in [-0.1, -0.05) is 6.07 Å². The van der Waals surface area contributed by atoms with Gasteiger partial charge in [-0.3, -0.25) is 4.79 Å². The molecule has 18 heavy (non-hydrogen) atoms. The van der Waals surface area contributed by atoms with E-state index in [1.165, 1.54) is 13.4 Å².